The average Bonchev–Trinajstić information content (AvgIpc) is 2.29. The molecule has 0 aliphatic heterocycles. The number of nitrogens with zero attached hydrogens (tertiary/aromatic N) is 1. The van der Waals surface area contributed by atoms with Gasteiger partial charge in [-0.25, -0.2) is 0 Å². The third kappa shape index (κ3) is 3.44. The zero-order chi connectivity index (χ0) is 14.6. The van der Waals surface area contributed by atoms with Gasteiger partial charge in [0.05, 0.1) is 5.54 Å². The topological polar surface area (TPSA) is 20.3 Å². The van der Waals surface area contributed by atoms with Gasteiger partial charge in [0.25, 0.3) is 0 Å². The predicted octanol–water partition coefficient (Wildman–Crippen LogP) is 3.54. The molecule has 0 atom stereocenters. The van der Waals surface area contributed by atoms with Crippen molar-refractivity contribution in [3.8, 4) is 0 Å². The quantitative estimate of drug-likeness (QED) is 0.780. The molecular weight excluding hydrogens is 234 g/mol. The van der Waals surface area contributed by atoms with Gasteiger partial charge in [0, 0.05) is 6.42 Å². The fraction of sp³-hybridized carbons (Fsp3) is 0.588. The van der Waals surface area contributed by atoms with Crippen LogP contribution in [0.1, 0.15) is 43.4 Å². The number of Topliss-reactive ketones (excluding diaryl/α,β-unsaturated/α-hetero) is 1. The van der Waals surface area contributed by atoms with E-state index in [0.29, 0.717) is 12.2 Å². The molecule has 0 amide bonds. The largest absolute Gasteiger partial charge is 0.297 e. The Kier molecular flexibility index (Phi) is 5.30. The maximum atomic E-state index is 12.7. The lowest BCUT2D eigenvalue weighted by Crippen LogP contribution is -2.50. The Morgan fingerprint density at radius 1 is 1.05 bits per heavy atom. The molecule has 106 valence electrons. The van der Waals surface area contributed by atoms with Crippen LogP contribution in [0.3, 0.4) is 0 Å². The first-order chi connectivity index (χ1) is 8.85. The first kappa shape index (κ1) is 15.9. The highest BCUT2D eigenvalue weighted by Gasteiger charge is 2.36. The zero-order valence-electron chi connectivity index (χ0n) is 13.2. The molecule has 0 aromatic heterocycles. The molecule has 0 aliphatic rings. The molecule has 2 heteroatoms. The minimum Gasteiger partial charge on any atom is -0.297 e. The summed E-state index contributed by atoms with van der Waals surface area (Å²) in [5.74, 6) is 0.326. The van der Waals surface area contributed by atoms with E-state index in [2.05, 4.69) is 50.8 Å². The van der Waals surface area contributed by atoms with E-state index in [1.54, 1.807) is 0 Å². The van der Waals surface area contributed by atoms with Gasteiger partial charge in [-0.05, 0) is 46.3 Å². The standard InChI is InChI=1S/C17H27NO/c1-7-17(8-2,18(5)6)16(19)12-15-10-13(3)9-14(4)11-15/h9-11H,7-8,12H2,1-6H3. The van der Waals surface area contributed by atoms with Gasteiger partial charge in [-0.2, -0.15) is 0 Å². The number of ketones is 1. The average molecular weight is 261 g/mol. The Balaban J connectivity index is 3.00. The minimum absolute atomic E-state index is 0.322. The SMILES string of the molecule is CCC(CC)(C(=O)Cc1cc(C)cc(C)c1)N(C)C. The smallest absolute Gasteiger partial charge is 0.157 e. The van der Waals surface area contributed by atoms with E-state index in [-0.39, 0.29) is 5.54 Å². The van der Waals surface area contributed by atoms with Crippen molar-refractivity contribution in [2.45, 2.75) is 52.5 Å². The van der Waals surface area contributed by atoms with Crippen LogP contribution in [-0.4, -0.2) is 30.3 Å². The van der Waals surface area contributed by atoms with Crippen LogP contribution in [0, 0.1) is 13.8 Å². The fourth-order valence-electron chi connectivity index (χ4n) is 3.05. The van der Waals surface area contributed by atoms with Crippen molar-refractivity contribution in [2.75, 3.05) is 14.1 Å². The van der Waals surface area contributed by atoms with E-state index in [4.69, 9.17) is 0 Å². The van der Waals surface area contributed by atoms with Crippen LogP contribution in [0.2, 0.25) is 0 Å². The molecule has 0 spiro atoms. The second-order valence-electron chi connectivity index (χ2n) is 5.73. The molecule has 1 aromatic carbocycles. The molecule has 19 heavy (non-hydrogen) atoms. The van der Waals surface area contributed by atoms with Crippen molar-refractivity contribution in [1.29, 1.82) is 0 Å². The van der Waals surface area contributed by atoms with Crippen molar-refractivity contribution in [3.63, 3.8) is 0 Å². The predicted molar refractivity (Wildman–Crippen MR) is 81.6 cm³/mol. The maximum Gasteiger partial charge on any atom is 0.157 e. The number of aryl methyl sites for hydroxylation is 2. The normalized spacial score (nSPS) is 11.9. The molecule has 0 heterocycles. The third-order valence-corrected chi connectivity index (χ3v) is 4.19. The van der Waals surface area contributed by atoms with Gasteiger partial charge in [-0.15, -0.1) is 0 Å². The third-order valence-electron chi connectivity index (χ3n) is 4.19. The molecule has 0 aliphatic carbocycles. The van der Waals surface area contributed by atoms with Crippen molar-refractivity contribution < 1.29 is 4.79 Å². The summed E-state index contributed by atoms with van der Waals surface area (Å²) in [6.07, 6.45) is 2.25. The molecule has 0 fully saturated rings. The van der Waals surface area contributed by atoms with Crippen LogP contribution in [0.4, 0.5) is 0 Å². The summed E-state index contributed by atoms with van der Waals surface area (Å²) >= 11 is 0. The molecule has 2 nitrogen and oxygen atoms in total. The summed E-state index contributed by atoms with van der Waals surface area (Å²) in [5.41, 5.74) is 3.27. The molecule has 0 unspecified atom stereocenters. The Bertz CT molecular complexity index is 424. The van der Waals surface area contributed by atoms with E-state index >= 15 is 0 Å². The second kappa shape index (κ2) is 6.33. The number of likely N-dealkylation sites (N-methyl/N-ethyl adjacent to an activating group) is 1. The molecule has 0 saturated heterocycles. The van der Waals surface area contributed by atoms with Crippen LogP contribution in [0.5, 0.6) is 0 Å². The summed E-state index contributed by atoms with van der Waals surface area (Å²) in [7, 11) is 4.01. The summed E-state index contributed by atoms with van der Waals surface area (Å²) in [6, 6.07) is 6.39. The number of carbonyl (C=O) groups excluding carboxylic acids is 1. The number of hydrogen-bond acceptors (Lipinski definition) is 2. The van der Waals surface area contributed by atoms with Gasteiger partial charge in [0.2, 0.25) is 0 Å². The van der Waals surface area contributed by atoms with Gasteiger partial charge < -0.3 is 0 Å². The van der Waals surface area contributed by atoms with Crippen LogP contribution in [0.25, 0.3) is 0 Å². The van der Waals surface area contributed by atoms with Gasteiger partial charge in [-0.3, -0.25) is 9.69 Å². The van der Waals surface area contributed by atoms with E-state index in [1.165, 1.54) is 11.1 Å². The number of hydrogen-bond donors (Lipinski definition) is 0. The van der Waals surface area contributed by atoms with Crippen LogP contribution in [-0.2, 0) is 11.2 Å². The summed E-state index contributed by atoms with van der Waals surface area (Å²) in [4.78, 5) is 14.8. The van der Waals surface area contributed by atoms with Crippen molar-refractivity contribution in [2.24, 2.45) is 0 Å². The molecule has 1 rings (SSSR count). The van der Waals surface area contributed by atoms with Crippen molar-refractivity contribution >= 4 is 5.78 Å². The Hall–Kier alpha value is -1.15. The lowest BCUT2D eigenvalue weighted by molar-refractivity contribution is -0.129. The maximum absolute atomic E-state index is 12.7. The molecule has 0 N–H and O–H groups in total. The highest BCUT2D eigenvalue weighted by atomic mass is 16.1. The van der Waals surface area contributed by atoms with Crippen molar-refractivity contribution in [1.82, 2.24) is 4.90 Å². The fourth-order valence-corrected chi connectivity index (χ4v) is 3.05. The highest BCUT2D eigenvalue weighted by Crippen LogP contribution is 2.25. The number of rotatable bonds is 6. The van der Waals surface area contributed by atoms with Crippen molar-refractivity contribution in [3.05, 3.63) is 34.9 Å². The Labute approximate surface area is 117 Å². The van der Waals surface area contributed by atoms with E-state index in [9.17, 15) is 4.79 Å². The molecule has 1 aromatic rings. The van der Waals surface area contributed by atoms with Gasteiger partial charge in [0.15, 0.2) is 5.78 Å². The van der Waals surface area contributed by atoms with Gasteiger partial charge in [-0.1, -0.05) is 43.2 Å². The first-order valence-electron chi connectivity index (χ1n) is 7.13. The summed E-state index contributed by atoms with van der Waals surface area (Å²) in [6.45, 7) is 8.37. The van der Waals surface area contributed by atoms with E-state index in [1.807, 2.05) is 14.1 Å². The lowest BCUT2D eigenvalue weighted by atomic mass is 9.83. The summed E-state index contributed by atoms with van der Waals surface area (Å²) < 4.78 is 0. The van der Waals surface area contributed by atoms with Gasteiger partial charge in [0.1, 0.15) is 0 Å². The van der Waals surface area contributed by atoms with E-state index < -0.39 is 0 Å². The minimum atomic E-state index is -0.322. The zero-order valence-corrected chi connectivity index (χ0v) is 13.2. The second-order valence-corrected chi connectivity index (χ2v) is 5.73. The number of benzene rings is 1. The molecule has 0 radical (unpaired) electrons. The Morgan fingerprint density at radius 3 is 1.89 bits per heavy atom. The van der Waals surface area contributed by atoms with E-state index in [0.717, 1.165) is 18.4 Å². The molecular formula is C17H27NO. The highest BCUT2D eigenvalue weighted by molar-refractivity contribution is 5.90. The Morgan fingerprint density at radius 2 is 1.53 bits per heavy atom. The molecule has 0 saturated carbocycles. The summed E-state index contributed by atoms with van der Waals surface area (Å²) in [5, 5.41) is 0. The first-order valence-corrected chi connectivity index (χ1v) is 7.13. The monoisotopic (exact) mass is 261 g/mol. The van der Waals surface area contributed by atoms with Gasteiger partial charge >= 0.3 is 0 Å². The number of carbonyl (C=O) groups is 1. The molecule has 0 bridgehead atoms. The van der Waals surface area contributed by atoms with Crippen LogP contribution < -0.4 is 0 Å². The van der Waals surface area contributed by atoms with Crippen LogP contribution >= 0.6 is 0 Å². The van der Waals surface area contributed by atoms with Crippen LogP contribution in [0.15, 0.2) is 18.2 Å². The lowest BCUT2D eigenvalue weighted by Gasteiger charge is -2.37.